The maximum absolute atomic E-state index is 13.1. The second-order valence-corrected chi connectivity index (χ2v) is 6.05. The van der Waals surface area contributed by atoms with Gasteiger partial charge in [-0.15, -0.1) is 6.58 Å². The van der Waals surface area contributed by atoms with Gasteiger partial charge in [0.05, 0.1) is 6.67 Å². The minimum absolute atomic E-state index is 0.0771. The van der Waals surface area contributed by atoms with Gasteiger partial charge in [-0.1, -0.05) is 31.8 Å². The van der Waals surface area contributed by atoms with E-state index in [-0.39, 0.29) is 13.1 Å². The summed E-state index contributed by atoms with van der Waals surface area (Å²) in [5, 5.41) is 0. The molecule has 0 heterocycles. The highest BCUT2D eigenvalue weighted by Crippen LogP contribution is 2.15. The molecule has 0 aliphatic heterocycles. The molecule has 0 aromatic carbocycles. The number of halogens is 3. The number of hydrogen-bond acceptors (Lipinski definition) is 3. The first kappa shape index (κ1) is 22.7. The summed E-state index contributed by atoms with van der Waals surface area (Å²) in [6.07, 6.45) is 0.565. The Morgan fingerprint density at radius 3 is 2.00 bits per heavy atom. The lowest BCUT2D eigenvalue weighted by Crippen LogP contribution is -2.26. The van der Waals surface area contributed by atoms with E-state index in [1.807, 2.05) is 0 Å². The van der Waals surface area contributed by atoms with Gasteiger partial charge in [-0.2, -0.15) is 8.42 Å². The summed E-state index contributed by atoms with van der Waals surface area (Å²) in [4.78, 5) is 0. The topological polar surface area (TPSA) is 80.4 Å². The average Bonchev–Trinajstić information content (AvgIpc) is 2.40. The van der Waals surface area contributed by atoms with Gasteiger partial charge >= 0.3 is 0 Å². The first-order valence-electron chi connectivity index (χ1n) is 6.88. The van der Waals surface area contributed by atoms with Crippen molar-refractivity contribution in [1.29, 1.82) is 0 Å². The summed E-state index contributed by atoms with van der Waals surface area (Å²) in [5.41, 5.74) is 4.91. The van der Waals surface area contributed by atoms with Crippen molar-refractivity contribution in [1.82, 2.24) is 0 Å². The van der Waals surface area contributed by atoms with Crippen LogP contribution < -0.4 is 5.73 Å². The van der Waals surface area contributed by atoms with Gasteiger partial charge in [0.25, 0.3) is 10.1 Å². The Labute approximate surface area is 125 Å². The molecule has 0 bridgehead atoms. The van der Waals surface area contributed by atoms with Gasteiger partial charge in [-0.25, -0.2) is 8.78 Å². The van der Waals surface area contributed by atoms with Gasteiger partial charge in [0.1, 0.15) is 18.1 Å². The van der Waals surface area contributed by atoms with Crippen LogP contribution in [0.3, 0.4) is 0 Å². The molecule has 0 spiro atoms. The van der Waals surface area contributed by atoms with Crippen LogP contribution in [0.1, 0.15) is 38.5 Å². The second kappa shape index (κ2) is 14.3. The van der Waals surface area contributed by atoms with Crippen LogP contribution in [0, 0.1) is 0 Å². The van der Waals surface area contributed by atoms with Crippen molar-refractivity contribution in [2.24, 2.45) is 5.73 Å². The average molecular weight is 333 g/mol. The van der Waals surface area contributed by atoms with Crippen molar-refractivity contribution in [3.8, 4) is 0 Å². The molecule has 0 radical (unpaired) electrons. The van der Waals surface area contributed by atoms with Crippen molar-refractivity contribution in [3.63, 3.8) is 0 Å². The van der Waals surface area contributed by atoms with Crippen LogP contribution in [0.5, 0.6) is 0 Å². The van der Waals surface area contributed by atoms with Gasteiger partial charge in [-0.3, -0.25) is 8.94 Å². The normalized spacial score (nSPS) is 14.0. The summed E-state index contributed by atoms with van der Waals surface area (Å²) in [5.74, 6) is -1.20. The highest BCUT2D eigenvalue weighted by atomic mass is 32.2. The molecular weight excluding hydrogens is 307 g/mol. The Morgan fingerprint density at radius 2 is 1.57 bits per heavy atom. The van der Waals surface area contributed by atoms with Gasteiger partial charge in [0.15, 0.2) is 0 Å². The highest BCUT2D eigenvalue weighted by molar-refractivity contribution is 7.85. The zero-order valence-electron chi connectivity index (χ0n) is 12.2. The van der Waals surface area contributed by atoms with Crippen molar-refractivity contribution in [2.75, 3.05) is 19.0 Å². The molecule has 0 saturated heterocycles. The molecule has 0 aliphatic rings. The quantitative estimate of drug-likeness (QED) is 0.346. The Balaban J connectivity index is 0. The number of unbranched alkanes of at least 4 members (excludes halogenated alkanes) is 4. The summed E-state index contributed by atoms with van der Waals surface area (Å²) in [7, 11) is -4.47. The first-order chi connectivity index (χ1) is 9.78. The summed E-state index contributed by atoms with van der Waals surface area (Å²) < 4.78 is 66.7. The molecule has 0 aliphatic carbocycles. The zero-order chi connectivity index (χ0) is 16.7. The van der Waals surface area contributed by atoms with Crippen LogP contribution in [0.25, 0.3) is 0 Å². The van der Waals surface area contributed by atoms with Gasteiger partial charge < -0.3 is 5.73 Å². The number of hydrogen-bond donors (Lipinski definition) is 2. The van der Waals surface area contributed by atoms with Crippen molar-refractivity contribution in [3.05, 3.63) is 12.7 Å². The third-order valence-electron chi connectivity index (χ3n) is 2.54. The van der Waals surface area contributed by atoms with Crippen LogP contribution in [-0.4, -0.2) is 44.3 Å². The predicted octanol–water partition coefficient (Wildman–Crippen LogP) is 2.99. The number of alkyl halides is 3. The molecule has 0 aromatic rings. The summed E-state index contributed by atoms with van der Waals surface area (Å²) >= 11 is 0. The third-order valence-corrected chi connectivity index (χ3v) is 3.28. The molecule has 0 amide bonds. The van der Waals surface area contributed by atoms with Crippen LogP contribution in [0.2, 0.25) is 0 Å². The van der Waals surface area contributed by atoms with Crippen LogP contribution in [0.4, 0.5) is 13.2 Å². The maximum Gasteiger partial charge on any atom is 0.267 e. The molecule has 0 saturated carbocycles. The lowest BCUT2D eigenvalue weighted by molar-refractivity contribution is 0.169. The van der Waals surface area contributed by atoms with E-state index in [2.05, 4.69) is 6.58 Å². The predicted molar refractivity (Wildman–Crippen MR) is 79.1 cm³/mol. The van der Waals surface area contributed by atoms with Crippen LogP contribution in [-0.2, 0) is 10.1 Å². The Morgan fingerprint density at radius 1 is 1.10 bits per heavy atom. The molecule has 21 heavy (non-hydrogen) atoms. The molecule has 2 atom stereocenters. The van der Waals surface area contributed by atoms with E-state index in [9.17, 15) is 21.6 Å². The number of nitrogens with two attached hydrogens (primary N) is 1. The van der Waals surface area contributed by atoms with E-state index in [1.165, 1.54) is 0 Å². The van der Waals surface area contributed by atoms with Gasteiger partial charge in [0.2, 0.25) is 0 Å². The van der Waals surface area contributed by atoms with E-state index < -0.39 is 28.2 Å². The van der Waals surface area contributed by atoms with E-state index in [1.54, 1.807) is 6.08 Å². The zero-order valence-corrected chi connectivity index (χ0v) is 13.0. The molecule has 0 rings (SSSR count). The SMILES string of the molecule is C=CCN.O=S(=O)(O)CC(F)C(F)CCCCCCCF. The summed E-state index contributed by atoms with van der Waals surface area (Å²) in [6, 6.07) is 0. The third kappa shape index (κ3) is 19.4. The Bertz CT molecular complexity index is 340. The molecule has 2 unspecified atom stereocenters. The molecule has 4 nitrogen and oxygen atoms in total. The molecular formula is C13H26F3NO3S. The van der Waals surface area contributed by atoms with E-state index in [4.69, 9.17) is 10.3 Å². The molecule has 8 heteroatoms. The smallest absolute Gasteiger partial charge is 0.267 e. The molecule has 0 fully saturated rings. The standard InChI is InChI=1S/C10H19F3O3S.C3H7N/c11-7-5-3-1-2-4-6-9(12)10(13)8-17(14,15)16;1-2-3-4/h9-10H,1-8H2,(H,14,15,16);2H,1,3-4H2. The minimum Gasteiger partial charge on any atom is -0.327 e. The second-order valence-electron chi connectivity index (χ2n) is 4.55. The fourth-order valence-electron chi connectivity index (χ4n) is 1.45. The van der Waals surface area contributed by atoms with Crippen molar-refractivity contribution in [2.45, 2.75) is 50.9 Å². The largest absolute Gasteiger partial charge is 0.327 e. The van der Waals surface area contributed by atoms with E-state index in [0.29, 0.717) is 25.8 Å². The monoisotopic (exact) mass is 333 g/mol. The van der Waals surface area contributed by atoms with E-state index >= 15 is 0 Å². The minimum atomic E-state index is -4.47. The van der Waals surface area contributed by atoms with Crippen LogP contribution in [0.15, 0.2) is 12.7 Å². The maximum atomic E-state index is 13.1. The Hall–Kier alpha value is -0.600. The van der Waals surface area contributed by atoms with Crippen LogP contribution >= 0.6 is 0 Å². The fourth-order valence-corrected chi connectivity index (χ4v) is 2.06. The Kier molecular flexibility index (Phi) is 15.5. The number of rotatable bonds is 11. The first-order valence-corrected chi connectivity index (χ1v) is 8.49. The van der Waals surface area contributed by atoms with Crippen molar-refractivity contribution < 1.29 is 26.1 Å². The highest BCUT2D eigenvalue weighted by Gasteiger charge is 2.25. The lowest BCUT2D eigenvalue weighted by atomic mass is 10.1. The summed E-state index contributed by atoms with van der Waals surface area (Å²) in [6.45, 7) is 3.57. The van der Waals surface area contributed by atoms with Gasteiger partial charge in [0, 0.05) is 6.54 Å². The fraction of sp³-hybridized carbons (Fsp3) is 0.846. The van der Waals surface area contributed by atoms with E-state index in [0.717, 1.165) is 12.8 Å². The van der Waals surface area contributed by atoms with Crippen molar-refractivity contribution >= 4 is 10.1 Å². The molecule has 0 aromatic heterocycles. The molecule has 128 valence electrons. The van der Waals surface area contributed by atoms with Gasteiger partial charge in [-0.05, 0) is 12.8 Å². The molecule has 3 N–H and O–H groups in total. The lowest BCUT2D eigenvalue weighted by Gasteiger charge is -2.11.